The largest absolute Gasteiger partial charge is 0.466 e. The highest BCUT2D eigenvalue weighted by Gasteiger charge is 2.21. The highest BCUT2D eigenvalue weighted by molar-refractivity contribution is 7.15. The number of aromatic amines is 1. The molecule has 8 heteroatoms. The fourth-order valence-corrected chi connectivity index (χ4v) is 3.96. The van der Waals surface area contributed by atoms with Crippen LogP contribution in [0.15, 0.2) is 41.3 Å². The van der Waals surface area contributed by atoms with Crippen molar-refractivity contribution in [3.63, 3.8) is 0 Å². The second kappa shape index (κ2) is 8.54. The lowest BCUT2D eigenvalue weighted by Gasteiger charge is -2.13. The summed E-state index contributed by atoms with van der Waals surface area (Å²) in [5.41, 5.74) is 1.64. The third-order valence-electron chi connectivity index (χ3n) is 4.14. The normalized spacial score (nSPS) is 12.1. The molecule has 2 heterocycles. The van der Waals surface area contributed by atoms with Crippen molar-refractivity contribution in [2.75, 3.05) is 6.61 Å². The Kier molecular flexibility index (Phi) is 6.13. The van der Waals surface area contributed by atoms with Crippen molar-refractivity contribution in [1.29, 1.82) is 0 Å². The summed E-state index contributed by atoms with van der Waals surface area (Å²) < 4.78 is 6.54. The quantitative estimate of drug-likeness (QED) is 0.607. The molecule has 1 unspecified atom stereocenters. The predicted octanol–water partition coefficient (Wildman–Crippen LogP) is 3.77. The van der Waals surface area contributed by atoms with Gasteiger partial charge in [0.15, 0.2) is 0 Å². The van der Waals surface area contributed by atoms with Gasteiger partial charge in [-0.3, -0.25) is 19.4 Å². The Morgan fingerprint density at radius 3 is 2.74 bits per heavy atom. The van der Waals surface area contributed by atoms with E-state index in [1.54, 1.807) is 26.2 Å². The van der Waals surface area contributed by atoms with E-state index in [1.165, 1.54) is 16.0 Å². The smallest absolute Gasteiger partial charge is 0.306 e. The first-order valence-electron chi connectivity index (χ1n) is 8.58. The van der Waals surface area contributed by atoms with Crippen LogP contribution >= 0.6 is 22.9 Å². The molecule has 3 rings (SSSR count). The van der Waals surface area contributed by atoms with Gasteiger partial charge >= 0.3 is 5.97 Å². The molecular weight excluding hydrogens is 386 g/mol. The Bertz CT molecular complexity index is 975. The van der Waals surface area contributed by atoms with Gasteiger partial charge in [-0.15, -0.1) is 11.3 Å². The minimum Gasteiger partial charge on any atom is -0.466 e. The summed E-state index contributed by atoms with van der Waals surface area (Å²) in [5.74, 6) is -0.386. The van der Waals surface area contributed by atoms with Crippen molar-refractivity contribution in [2.45, 2.75) is 25.7 Å². The minimum absolute atomic E-state index is 0.106. The van der Waals surface area contributed by atoms with Gasteiger partial charge in [0.25, 0.3) is 5.56 Å². The lowest BCUT2D eigenvalue weighted by molar-refractivity contribution is -0.143. The van der Waals surface area contributed by atoms with Crippen LogP contribution < -0.4 is 5.56 Å². The number of nitrogens with one attached hydrogen (secondary N) is 1. The molecule has 0 aliphatic heterocycles. The predicted molar refractivity (Wildman–Crippen MR) is 106 cm³/mol. The lowest BCUT2D eigenvalue weighted by atomic mass is 9.98. The van der Waals surface area contributed by atoms with Crippen molar-refractivity contribution >= 4 is 28.9 Å². The molecule has 142 valence electrons. The number of benzene rings is 1. The number of aryl methyl sites for hydroxylation is 1. The second-order valence-electron chi connectivity index (χ2n) is 6.16. The van der Waals surface area contributed by atoms with E-state index in [2.05, 4.69) is 10.1 Å². The number of aromatic nitrogens is 3. The van der Waals surface area contributed by atoms with Crippen molar-refractivity contribution in [1.82, 2.24) is 14.8 Å². The van der Waals surface area contributed by atoms with Crippen molar-refractivity contribution in [3.8, 4) is 10.6 Å². The van der Waals surface area contributed by atoms with E-state index >= 15 is 0 Å². The van der Waals surface area contributed by atoms with Crippen LogP contribution in [0.4, 0.5) is 0 Å². The molecule has 0 saturated heterocycles. The number of hydrogen-bond acceptors (Lipinski definition) is 5. The monoisotopic (exact) mass is 405 g/mol. The Balaban J connectivity index is 1.86. The molecule has 1 N–H and O–H groups in total. The second-order valence-corrected chi connectivity index (χ2v) is 7.66. The molecule has 0 radical (unpaired) electrons. The number of ether oxygens (including phenoxy) is 1. The number of rotatable bonds is 7. The first kappa shape index (κ1) is 19.4. The number of halogens is 1. The number of H-pyrrole nitrogens is 1. The molecule has 27 heavy (non-hydrogen) atoms. The van der Waals surface area contributed by atoms with Gasteiger partial charge in [-0.25, -0.2) is 4.98 Å². The molecule has 1 aromatic carbocycles. The Hall–Kier alpha value is -2.38. The minimum atomic E-state index is -0.262. The molecule has 0 aliphatic carbocycles. The molecule has 0 amide bonds. The van der Waals surface area contributed by atoms with E-state index < -0.39 is 0 Å². The van der Waals surface area contributed by atoms with Gasteiger partial charge in [0.1, 0.15) is 5.01 Å². The van der Waals surface area contributed by atoms with Crippen LogP contribution in [0.2, 0.25) is 5.02 Å². The molecule has 1 atom stereocenters. The van der Waals surface area contributed by atoms with Crippen LogP contribution in [-0.4, -0.2) is 27.3 Å². The van der Waals surface area contributed by atoms with Crippen LogP contribution in [0.3, 0.4) is 0 Å². The molecule has 0 bridgehead atoms. The maximum Gasteiger partial charge on any atom is 0.306 e. The molecule has 0 fully saturated rings. The highest BCUT2D eigenvalue weighted by Crippen LogP contribution is 2.33. The van der Waals surface area contributed by atoms with Crippen LogP contribution in [0.25, 0.3) is 10.6 Å². The van der Waals surface area contributed by atoms with Crippen LogP contribution in [0, 0.1) is 0 Å². The van der Waals surface area contributed by atoms with Crippen LogP contribution in [0.1, 0.15) is 29.8 Å². The lowest BCUT2D eigenvalue weighted by Crippen LogP contribution is -2.12. The number of thiazole rings is 1. The van der Waals surface area contributed by atoms with E-state index in [9.17, 15) is 9.59 Å². The van der Waals surface area contributed by atoms with E-state index in [1.807, 2.05) is 24.3 Å². The van der Waals surface area contributed by atoms with Gasteiger partial charge in [0.2, 0.25) is 0 Å². The summed E-state index contributed by atoms with van der Waals surface area (Å²) in [4.78, 5) is 29.3. The number of carbonyl (C=O) groups is 1. The molecule has 6 nitrogen and oxygen atoms in total. The summed E-state index contributed by atoms with van der Waals surface area (Å²) in [7, 11) is 1.66. The fourth-order valence-electron chi connectivity index (χ4n) is 2.81. The van der Waals surface area contributed by atoms with Crippen LogP contribution in [0.5, 0.6) is 0 Å². The van der Waals surface area contributed by atoms with Crippen molar-refractivity contribution in [2.24, 2.45) is 7.05 Å². The molecule has 2 aromatic heterocycles. The zero-order valence-electron chi connectivity index (χ0n) is 15.1. The highest BCUT2D eigenvalue weighted by atomic mass is 35.5. The number of hydrogen-bond donors (Lipinski definition) is 1. The Morgan fingerprint density at radius 1 is 1.37 bits per heavy atom. The SMILES string of the molecule is CCOC(=O)CC(Cc1cc(=O)n(C)[nH]1)c1cnc(-c2ccc(Cl)cc2)s1. The maximum absolute atomic E-state index is 12.1. The summed E-state index contributed by atoms with van der Waals surface area (Å²) in [6.07, 6.45) is 2.55. The van der Waals surface area contributed by atoms with E-state index in [0.29, 0.717) is 18.1 Å². The topological polar surface area (TPSA) is 77.0 Å². The van der Waals surface area contributed by atoms with Gasteiger partial charge in [-0.1, -0.05) is 23.7 Å². The van der Waals surface area contributed by atoms with E-state index in [0.717, 1.165) is 21.1 Å². The number of nitrogens with zero attached hydrogens (tertiary/aromatic N) is 2. The van der Waals surface area contributed by atoms with E-state index in [-0.39, 0.29) is 23.9 Å². The number of carbonyl (C=O) groups excluding carboxylic acids is 1. The summed E-state index contributed by atoms with van der Waals surface area (Å²) >= 11 is 7.48. The average Bonchev–Trinajstić information content (AvgIpc) is 3.23. The van der Waals surface area contributed by atoms with Gasteiger partial charge in [0, 0.05) is 46.4 Å². The average molecular weight is 406 g/mol. The fraction of sp³-hybridized carbons (Fsp3) is 0.316. The maximum atomic E-state index is 12.1. The summed E-state index contributed by atoms with van der Waals surface area (Å²) in [6, 6.07) is 9.03. The zero-order valence-corrected chi connectivity index (χ0v) is 16.6. The third-order valence-corrected chi connectivity index (χ3v) is 5.60. The number of esters is 1. The standard InChI is InChI=1S/C19H20ClN3O3S/c1-3-26-18(25)9-13(8-15-10-17(24)23(2)22-15)16-11-21-19(27-16)12-4-6-14(20)7-5-12/h4-7,10-11,13,22H,3,8-9H2,1-2H3. The molecule has 0 saturated carbocycles. The summed E-state index contributed by atoms with van der Waals surface area (Å²) in [5, 5.41) is 4.54. The van der Waals surface area contributed by atoms with Gasteiger partial charge in [0.05, 0.1) is 13.0 Å². The molecule has 0 spiro atoms. The van der Waals surface area contributed by atoms with E-state index in [4.69, 9.17) is 16.3 Å². The Labute approximate surface area is 165 Å². The third kappa shape index (κ3) is 4.87. The molecular formula is C19H20ClN3O3S. The summed E-state index contributed by atoms with van der Waals surface area (Å²) in [6.45, 7) is 2.12. The van der Waals surface area contributed by atoms with Crippen LogP contribution in [-0.2, 0) is 23.0 Å². The zero-order chi connectivity index (χ0) is 19.4. The molecule has 0 aliphatic rings. The van der Waals surface area contributed by atoms with Gasteiger partial charge in [-0.05, 0) is 25.5 Å². The first-order valence-corrected chi connectivity index (χ1v) is 9.78. The van der Waals surface area contributed by atoms with Crippen molar-refractivity contribution < 1.29 is 9.53 Å². The molecule has 3 aromatic rings. The van der Waals surface area contributed by atoms with Gasteiger partial charge in [-0.2, -0.15) is 0 Å². The first-order chi connectivity index (χ1) is 13.0. The van der Waals surface area contributed by atoms with Gasteiger partial charge < -0.3 is 4.74 Å². The Morgan fingerprint density at radius 2 is 2.11 bits per heavy atom. The van der Waals surface area contributed by atoms with Crippen molar-refractivity contribution in [3.05, 3.63) is 62.5 Å².